The van der Waals surface area contributed by atoms with Crippen LogP contribution in [0.2, 0.25) is 0 Å². The second-order valence-electron chi connectivity index (χ2n) is 6.94. The van der Waals surface area contributed by atoms with E-state index in [2.05, 4.69) is 10.3 Å². The van der Waals surface area contributed by atoms with Crippen LogP contribution in [0.5, 0.6) is 0 Å². The van der Waals surface area contributed by atoms with Gasteiger partial charge in [0.25, 0.3) is 5.91 Å². The van der Waals surface area contributed by atoms with Crippen LogP contribution in [-0.4, -0.2) is 36.6 Å². The van der Waals surface area contributed by atoms with Gasteiger partial charge in [0.15, 0.2) is 18.2 Å². The van der Waals surface area contributed by atoms with Crippen molar-refractivity contribution in [3.63, 3.8) is 0 Å². The smallest absolute Gasteiger partial charge is 0.419 e. The van der Waals surface area contributed by atoms with Crippen LogP contribution in [0.4, 0.5) is 33.5 Å². The number of piperidine rings is 1. The van der Waals surface area contributed by atoms with Gasteiger partial charge in [-0.1, -0.05) is 0 Å². The lowest BCUT2D eigenvalue weighted by Crippen LogP contribution is -2.41. The molecule has 2 aromatic rings. The maximum atomic E-state index is 13.2. The van der Waals surface area contributed by atoms with Gasteiger partial charge in [0, 0.05) is 31.0 Å². The molecule has 0 aliphatic carbocycles. The predicted molar refractivity (Wildman–Crippen MR) is 100 cm³/mol. The zero-order valence-electron chi connectivity index (χ0n) is 16.1. The van der Waals surface area contributed by atoms with E-state index in [4.69, 9.17) is 4.74 Å². The van der Waals surface area contributed by atoms with E-state index in [0.29, 0.717) is 19.4 Å². The van der Waals surface area contributed by atoms with Gasteiger partial charge in [-0.3, -0.25) is 9.59 Å². The monoisotopic (exact) mass is 443 g/mol. The molecule has 1 aromatic carbocycles. The Bertz CT molecular complexity index is 967. The van der Waals surface area contributed by atoms with Gasteiger partial charge in [-0.05, 0) is 37.1 Å². The summed E-state index contributed by atoms with van der Waals surface area (Å²) < 4.78 is 70.8. The highest BCUT2D eigenvalue weighted by Crippen LogP contribution is 2.36. The highest BCUT2D eigenvalue weighted by molar-refractivity contribution is 5.92. The average Bonchev–Trinajstić information content (AvgIpc) is 2.74. The minimum Gasteiger partial charge on any atom is -0.455 e. The van der Waals surface area contributed by atoms with Crippen molar-refractivity contribution in [1.29, 1.82) is 0 Å². The Hall–Kier alpha value is -3.24. The summed E-state index contributed by atoms with van der Waals surface area (Å²) in [5.74, 6) is -4.74. The predicted octanol–water partition coefficient (Wildman–Crippen LogP) is 3.78. The maximum absolute atomic E-state index is 13.2. The van der Waals surface area contributed by atoms with Crippen LogP contribution < -0.4 is 10.2 Å². The maximum Gasteiger partial charge on any atom is 0.419 e. The number of hydrogen-bond acceptors (Lipinski definition) is 5. The number of rotatable bonds is 5. The highest BCUT2D eigenvalue weighted by atomic mass is 19.4. The van der Waals surface area contributed by atoms with Crippen LogP contribution in [0.15, 0.2) is 36.5 Å². The third-order valence-corrected chi connectivity index (χ3v) is 4.70. The summed E-state index contributed by atoms with van der Waals surface area (Å²) in [5.41, 5.74) is -0.909. The van der Waals surface area contributed by atoms with Crippen molar-refractivity contribution in [2.75, 3.05) is 29.9 Å². The fourth-order valence-electron chi connectivity index (χ4n) is 3.26. The molecule has 1 amide bonds. The topological polar surface area (TPSA) is 71.5 Å². The standard InChI is InChI=1S/C20H18F5N3O3/c21-15-6-5-13(9-16(15)22)27-17(29)11-31-19(30)12-3-2-8-28(10-12)18-14(20(23,24)25)4-1-7-26-18/h1,4-7,9,12H,2-3,8,10-11H2,(H,27,29). The summed E-state index contributed by atoms with van der Waals surface area (Å²) in [7, 11) is 0. The number of hydrogen-bond donors (Lipinski definition) is 1. The molecule has 3 rings (SSSR count). The molecule has 1 aromatic heterocycles. The van der Waals surface area contributed by atoms with E-state index in [1.165, 1.54) is 17.2 Å². The Morgan fingerprint density at radius 3 is 2.68 bits per heavy atom. The fourth-order valence-corrected chi connectivity index (χ4v) is 3.26. The molecule has 1 saturated heterocycles. The van der Waals surface area contributed by atoms with Gasteiger partial charge in [0.1, 0.15) is 5.82 Å². The van der Waals surface area contributed by atoms with Crippen molar-refractivity contribution in [3.05, 3.63) is 53.7 Å². The first-order chi connectivity index (χ1) is 14.6. The number of ether oxygens (including phenoxy) is 1. The lowest BCUT2D eigenvalue weighted by Gasteiger charge is -2.33. The van der Waals surface area contributed by atoms with Gasteiger partial charge in [-0.25, -0.2) is 13.8 Å². The number of carbonyl (C=O) groups is 2. The number of benzene rings is 1. The van der Waals surface area contributed by atoms with Gasteiger partial charge in [0.2, 0.25) is 0 Å². The van der Waals surface area contributed by atoms with E-state index in [9.17, 15) is 31.5 Å². The van der Waals surface area contributed by atoms with Crippen LogP contribution in [0.1, 0.15) is 18.4 Å². The van der Waals surface area contributed by atoms with Crippen molar-refractivity contribution >= 4 is 23.4 Å². The molecule has 2 heterocycles. The van der Waals surface area contributed by atoms with Gasteiger partial charge >= 0.3 is 12.1 Å². The van der Waals surface area contributed by atoms with E-state index in [1.807, 2.05) is 0 Å². The zero-order valence-corrected chi connectivity index (χ0v) is 16.1. The van der Waals surface area contributed by atoms with Gasteiger partial charge in [-0.2, -0.15) is 13.2 Å². The normalized spacial score (nSPS) is 16.7. The third-order valence-electron chi connectivity index (χ3n) is 4.70. The molecule has 6 nitrogen and oxygen atoms in total. The van der Waals surface area contributed by atoms with Crippen molar-refractivity contribution < 1.29 is 36.3 Å². The van der Waals surface area contributed by atoms with Gasteiger partial charge < -0.3 is 15.0 Å². The summed E-state index contributed by atoms with van der Waals surface area (Å²) in [6.45, 7) is -0.421. The zero-order chi connectivity index (χ0) is 22.6. The van der Waals surface area contributed by atoms with Gasteiger partial charge in [0.05, 0.1) is 11.5 Å². The number of carbonyl (C=O) groups excluding carboxylic acids is 2. The third kappa shape index (κ3) is 5.68. The number of pyridine rings is 1. The molecule has 1 N–H and O–H groups in total. The molecule has 166 valence electrons. The summed E-state index contributed by atoms with van der Waals surface area (Å²) >= 11 is 0. The summed E-state index contributed by atoms with van der Waals surface area (Å²) in [5, 5.41) is 2.26. The fraction of sp³-hybridized carbons (Fsp3) is 0.350. The Balaban J connectivity index is 1.58. The van der Waals surface area contributed by atoms with Crippen LogP contribution in [0.3, 0.4) is 0 Å². The first-order valence-electron chi connectivity index (χ1n) is 9.34. The van der Waals surface area contributed by atoms with Gasteiger partial charge in [-0.15, -0.1) is 0 Å². The quantitative estimate of drug-likeness (QED) is 0.563. The first kappa shape index (κ1) is 22.4. The molecule has 0 radical (unpaired) electrons. The molecule has 1 unspecified atom stereocenters. The molecule has 1 atom stereocenters. The van der Waals surface area contributed by atoms with E-state index in [-0.39, 0.29) is 18.1 Å². The van der Waals surface area contributed by atoms with Crippen molar-refractivity contribution in [2.24, 2.45) is 5.92 Å². The van der Waals surface area contributed by atoms with E-state index in [1.54, 1.807) is 0 Å². The minimum atomic E-state index is -4.59. The Kier molecular flexibility index (Phi) is 6.71. The number of nitrogens with zero attached hydrogens (tertiary/aromatic N) is 2. The summed E-state index contributed by atoms with van der Waals surface area (Å²) in [6, 6.07) is 4.86. The van der Waals surface area contributed by atoms with Crippen molar-refractivity contribution in [3.8, 4) is 0 Å². The molecular weight excluding hydrogens is 425 g/mol. The van der Waals surface area contributed by atoms with Crippen molar-refractivity contribution in [1.82, 2.24) is 4.98 Å². The molecular formula is C20H18F5N3O3. The summed E-state index contributed by atoms with van der Waals surface area (Å²) in [4.78, 5) is 29.4. The first-order valence-corrected chi connectivity index (χ1v) is 9.34. The second-order valence-corrected chi connectivity index (χ2v) is 6.94. The second kappa shape index (κ2) is 9.27. The lowest BCUT2D eigenvalue weighted by molar-refractivity contribution is -0.151. The van der Waals surface area contributed by atoms with E-state index in [0.717, 1.165) is 24.3 Å². The molecule has 0 bridgehead atoms. The van der Waals surface area contributed by atoms with Crippen LogP contribution in [-0.2, 0) is 20.5 Å². The van der Waals surface area contributed by atoms with Crippen molar-refractivity contribution in [2.45, 2.75) is 19.0 Å². The number of aromatic nitrogens is 1. The highest BCUT2D eigenvalue weighted by Gasteiger charge is 2.37. The molecule has 0 saturated carbocycles. The molecule has 31 heavy (non-hydrogen) atoms. The number of nitrogens with one attached hydrogen (secondary N) is 1. The van der Waals surface area contributed by atoms with E-state index >= 15 is 0 Å². The lowest BCUT2D eigenvalue weighted by atomic mass is 9.98. The SMILES string of the molecule is O=C(COC(=O)C1CCCN(c2ncccc2C(F)(F)F)C1)Nc1ccc(F)c(F)c1. The Labute approximate surface area is 174 Å². The van der Waals surface area contributed by atoms with Crippen LogP contribution in [0, 0.1) is 17.6 Å². The number of halogens is 5. The minimum absolute atomic E-state index is 0.0152. The Morgan fingerprint density at radius 1 is 1.19 bits per heavy atom. The average molecular weight is 443 g/mol. The van der Waals surface area contributed by atoms with Crippen LogP contribution in [0.25, 0.3) is 0 Å². The number of alkyl halides is 3. The van der Waals surface area contributed by atoms with Crippen LogP contribution >= 0.6 is 0 Å². The molecule has 0 spiro atoms. The number of esters is 1. The largest absolute Gasteiger partial charge is 0.455 e. The van der Waals surface area contributed by atoms with E-state index < -0.39 is 47.8 Å². The molecule has 1 aliphatic rings. The summed E-state index contributed by atoms with van der Waals surface area (Å²) in [6.07, 6.45) is -2.52. The number of anilines is 2. The molecule has 1 fully saturated rings. The molecule has 1 aliphatic heterocycles. The molecule has 11 heteroatoms. The Morgan fingerprint density at radius 2 is 1.97 bits per heavy atom. The number of amides is 1.